The maximum absolute atomic E-state index is 13.7. The molecule has 0 aromatic heterocycles. The molecule has 4 aliphatic rings. The van der Waals surface area contributed by atoms with Crippen molar-refractivity contribution in [1.29, 1.82) is 0 Å². The molecule has 2 amide bonds. The van der Waals surface area contributed by atoms with Gasteiger partial charge in [-0.25, -0.2) is 0 Å². The van der Waals surface area contributed by atoms with Crippen LogP contribution in [0.3, 0.4) is 0 Å². The lowest BCUT2D eigenvalue weighted by molar-refractivity contribution is -0.153. The summed E-state index contributed by atoms with van der Waals surface area (Å²) in [7, 11) is 0. The molecule has 8 heteroatoms. The first kappa shape index (κ1) is 22.0. The van der Waals surface area contributed by atoms with Crippen LogP contribution in [-0.2, 0) is 23.9 Å². The molecule has 0 radical (unpaired) electrons. The molecule has 2 fully saturated rings. The number of cyclic esters (lactones) is 1. The van der Waals surface area contributed by atoms with Crippen molar-refractivity contribution >= 4 is 17.8 Å². The molecule has 0 bridgehead atoms. The number of aliphatic hydroxyl groups excluding tert-OH is 1. The number of ether oxygens (including phenoxy) is 2. The Kier molecular flexibility index (Phi) is 6.48. The molecule has 0 saturated carbocycles. The average Bonchev–Trinajstić information content (AvgIpc) is 3.05. The van der Waals surface area contributed by atoms with Crippen molar-refractivity contribution in [1.82, 2.24) is 9.80 Å². The van der Waals surface area contributed by atoms with Gasteiger partial charge < -0.3 is 24.4 Å². The van der Waals surface area contributed by atoms with Crippen LogP contribution in [0.15, 0.2) is 24.3 Å². The SMILES string of the molecule is CCCCCN1CC=C[C@]23O[C@H]4C=CCOC(=O)[C@H]4[C@H]2C(=O)N(CCCCO)C3C1=O. The molecule has 1 N–H and O–H groups in total. The van der Waals surface area contributed by atoms with Gasteiger partial charge in [-0.15, -0.1) is 0 Å². The van der Waals surface area contributed by atoms with Gasteiger partial charge in [-0.3, -0.25) is 14.4 Å². The number of unbranched alkanes of at least 4 members (excludes halogenated alkanes) is 3. The zero-order valence-electron chi connectivity index (χ0n) is 18.1. The van der Waals surface area contributed by atoms with E-state index in [4.69, 9.17) is 9.47 Å². The first-order valence-corrected chi connectivity index (χ1v) is 11.4. The fraction of sp³-hybridized carbons (Fsp3) is 0.696. The summed E-state index contributed by atoms with van der Waals surface area (Å²) in [6.07, 6.45) is 10.8. The minimum absolute atomic E-state index is 0.0244. The van der Waals surface area contributed by atoms with E-state index in [2.05, 4.69) is 6.92 Å². The molecule has 4 heterocycles. The highest BCUT2D eigenvalue weighted by Crippen LogP contribution is 2.53. The number of hydrogen-bond acceptors (Lipinski definition) is 6. The Labute approximate surface area is 182 Å². The Hall–Kier alpha value is -2.19. The van der Waals surface area contributed by atoms with Gasteiger partial charge in [0.05, 0.1) is 12.0 Å². The van der Waals surface area contributed by atoms with Crippen LogP contribution in [0.5, 0.6) is 0 Å². The molecule has 5 atom stereocenters. The van der Waals surface area contributed by atoms with Gasteiger partial charge in [0.2, 0.25) is 11.8 Å². The highest BCUT2D eigenvalue weighted by atomic mass is 16.6. The summed E-state index contributed by atoms with van der Waals surface area (Å²) in [6, 6.07) is -0.808. The van der Waals surface area contributed by atoms with Crippen LogP contribution in [-0.4, -0.2) is 83.3 Å². The molecular formula is C23H32N2O6. The Balaban J connectivity index is 1.71. The Morgan fingerprint density at radius 1 is 1.10 bits per heavy atom. The van der Waals surface area contributed by atoms with Crippen molar-refractivity contribution in [3.63, 3.8) is 0 Å². The zero-order chi connectivity index (χ0) is 22.0. The number of likely N-dealkylation sites (tertiary alicyclic amines) is 1. The minimum atomic E-state index is -1.18. The number of carbonyl (C=O) groups excluding carboxylic acids is 3. The van der Waals surface area contributed by atoms with Crippen molar-refractivity contribution in [2.24, 2.45) is 11.8 Å². The highest BCUT2D eigenvalue weighted by molar-refractivity contribution is 5.99. The molecule has 4 rings (SSSR count). The maximum Gasteiger partial charge on any atom is 0.313 e. The molecule has 170 valence electrons. The van der Waals surface area contributed by atoms with Crippen molar-refractivity contribution in [2.45, 2.75) is 56.8 Å². The van der Waals surface area contributed by atoms with E-state index < -0.39 is 35.6 Å². The predicted molar refractivity (Wildman–Crippen MR) is 112 cm³/mol. The summed E-state index contributed by atoms with van der Waals surface area (Å²) >= 11 is 0. The lowest BCUT2D eigenvalue weighted by Crippen LogP contribution is -2.55. The Bertz CT molecular complexity index is 780. The van der Waals surface area contributed by atoms with Gasteiger partial charge in [-0.1, -0.05) is 38.0 Å². The summed E-state index contributed by atoms with van der Waals surface area (Å²) < 4.78 is 11.7. The van der Waals surface area contributed by atoms with E-state index in [0.29, 0.717) is 32.5 Å². The number of carbonyl (C=O) groups is 3. The van der Waals surface area contributed by atoms with E-state index in [1.54, 1.807) is 22.0 Å². The van der Waals surface area contributed by atoms with E-state index in [1.165, 1.54) is 0 Å². The molecule has 8 nitrogen and oxygen atoms in total. The van der Waals surface area contributed by atoms with Crippen LogP contribution < -0.4 is 0 Å². The van der Waals surface area contributed by atoms with Gasteiger partial charge in [-0.05, 0) is 25.3 Å². The lowest BCUT2D eigenvalue weighted by atomic mass is 9.78. The topological polar surface area (TPSA) is 96.4 Å². The first-order chi connectivity index (χ1) is 15.0. The normalized spacial score (nSPS) is 34.3. The Morgan fingerprint density at radius 3 is 2.68 bits per heavy atom. The number of hydrogen-bond donors (Lipinski definition) is 1. The van der Waals surface area contributed by atoms with Gasteiger partial charge in [0.1, 0.15) is 24.2 Å². The molecule has 1 spiro atoms. The third-order valence-electron chi connectivity index (χ3n) is 6.84. The molecule has 2 saturated heterocycles. The zero-order valence-corrected chi connectivity index (χ0v) is 18.1. The average molecular weight is 433 g/mol. The second-order valence-electron chi connectivity index (χ2n) is 8.76. The number of aliphatic hydroxyl groups is 1. The van der Waals surface area contributed by atoms with Crippen molar-refractivity contribution in [3.05, 3.63) is 24.3 Å². The second kappa shape index (κ2) is 9.12. The number of amides is 2. The van der Waals surface area contributed by atoms with Gasteiger partial charge in [0, 0.05) is 26.2 Å². The smallest absolute Gasteiger partial charge is 0.313 e. The molecule has 1 unspecified atom stereocenters. The lowest BCUT2D eigenvalue weighted by Gasteiger charge is -2.35. The summed E-state index contributed by atoms with van der Waals surface area (Å²) in [6.45, 7) is 3.73. The largest absolute Gasteiger partial charge is 0.461 e. The molecule has 0 aromatic carbocycles. The molecular weight excluding hydrogens is 400 g/mol. The van der Waals surface area contributed by atoms with Crippen LogP contribution in [0.1, 0.15) is 39.0 Å². The monoisotopic (exact) mass is 432 g/mol. The van der Waals surface area contributed by atoms with Crippen molar-refractivity contribution < 1.29 is 29.0 Å². The van der Waals surface area contributed by atoms with E-state index >= 15 is 0 Å². The minimum Gasteiger partial charge on any atom is -0.461 e. The van der Waals surface area contributed by atoms with Gasteiger partial charge in [0.15, 0.2) is 0 Å². The first-order valence-electron chi connectivity index (χ1n) is 11.4. The summed E-state index contributed by atoms with van der Waals surface area (Å²) in [5.41, 5.74) is -1.18. The number of esters is 1. The van der Waals surface area contributed by atoms with Gasteiger partial charge >= 0.3 is 5.97 Å². The molecule has 0 aliphatic carbocycles. The summed E-state index contributed by atoms with van der Waals surface area (Å²) in [5.74, 6) is -2.37. The summed E-state index contributed by atoms with van der Waals surface area (Å²) in [4.78, 5) is 43.5. The highest BCUT2D eigenvalue weighted by Gasteiger charge is 2.71. The van der Waals surface area contributed by atoms with Gasteiger partial charge in [0.25, 0.3) is 0 Å². The number of nitrogens with zero attached hydrogens (tertiary/aromatic N) is 2. The van der Waals surface area contributed by atoms with E-state index in [-0.39, 0.29) is 25.0 Å². The summed E-state index contributed by atoms with van der Waals surface area (Å²) in [5, 5.41) is 9.20. The second-order valence-corrected chi connectivity index (χ2v) is 8.76. The fourth-order valence-corrected chi connectivity index (χ4v) is 5.40. The van der Waals surface area contributed by atoms with Gasteiger partial charge in [-0.2, -0.15) is 0 Å². The van der Waals surface area contributed by atoms with Crippen molar-refractivity contribution in [3.8, 4) is 0 Å². The van der Waals surface area contributed by atoms with Crippen LogP contribution >= 0.6 is 0 Å². The molecule has 4 aliphatic heterocycles. The van der Waals surface area contributed by atoms with Crippen LogP contribution in [0.25, 0.3) is 0 Å². The van der Waals surface area contributed by atoms with Crippen molar-refractivity contribution in [2.75, 3.05) is 32.8 Å². The number of rotatable bonds is 8. The quantitative estimate of drug-likeness (QED) is 0.350. The third-order valence-corrected chi connectivity index (χ3v) is 6.84. The molecule has 0 aromatic rings. The standard InChI is InChI=1S/C23H32N2O6/c1-2-3-4-11-24-12-8-10-23-18(17-16(31-23)9-7-15-30-22(17)29)20(27)25(13-5-6-14-26)19(23)21(24)28/h7-10,16-19,26H,2-6,11-15H2,1H3/t16-,17+,18-,19?,23-/m0/s1. The maximum atomic E-state index is 13.7. The predicted octanol–water partition coefficient (Wildman–Crippen LogP) is 1.04. The molecule has 31 heavy (non-hydrogen) atoms. The Morgan fingerprint density at radius 2 is 1.90 bits per heavy atom. The van der Waals surface area contributed by atoms with Crippen LogP contribution in [0, 0.1) is 11.8 Å². The number of fused-ring (bicyclic) bond motifs is 2. The van der Waals surface area contributed by atoms with E-state index in [1.807, 2.05) is 12.2 Å². The van der Waals surface area contributed by atoms with Crippen LogP contribution in [0.4, 0.5) is 0 Å². The van der Waals surface area contributed by atoms with E-state index in [0.717, 1.165) is 19.3 Å². The van der Waals surface area contributed by atoms with Crippen LogP contribution in [0.2, 0.25) is 0 Å². The van der Waals surface area contributed by atoms with E-state index in [9.17, 15) is 19.5 Å². The third kappa shape index (κ3) is 3.69. The fourth-order valence-electron chi connectivity index (χ4n) is 5.40.